The highest BCUT2D eigenvalue weighted by Crippen LogP contribution is 2.13. The molecule has 0 aromatic carbocycles. The van der Waals surface area contributed by atoms with Crippen LogP contribution in [-0.4, -0.2) is 56.8 Å². The molecule has 5 heteroatoms. The van der Waals surface area contributed by atoms with Crippen LogP contribution in [0.4, 0.5) is 0 Å². The predicted octanol–water partition coefficient (Wildman–Crippen LogP) is 0.440. The molecule has 0 saturated carbocycles. The molecule has 1 unspecified atom stereocenters. The molecular formula is C11H23N3O2. The summed E-state index contributed by atoms with van der Waals surface area (Å²) in [5.41, 5.74) is 5.37. The topological polar surface area (TPSA) is 71.6 Å². The Hall–Kier alpha value is -0.650. The Kier molecular flexibility index (Phi) is 6.37. The lowest BCUT2D eigenvalue weighted by Gasteiger charge is -2.24. The Balaban J connectivity index is 2.26. The Morgan fingerprint density at radius 3 is 2.94 bits per heavy atom. The molecule has 0 bridgehead atoms. The number of nitrogens with two attached hydrogens (primary N) is 1. The third-order valence-corrected chi connectivity index (χ3v) is 2.79. The van der Waals surface area contributed by atoms with Gasteiger partial charge in [-0.2, -0.15) is 0 Å². The third-order valence-electron chi connectivity index (χ3n) is 2.79. The fourth-order valence-electron chi connectivity index (χ4n) is 1.87. The van der Waals surface area contributed by atoms with E-state index in [2.05, 4.69) is 4.90 Å². The summed E-state index contributed by atoms with van der Waals surface area (Å²) >= 11 is 0. The molecule has 1 fully saturated rings. The van der Waals surface area contributed by atoms with Gasteiger partial charge in [0.1, 0.15) is 0 Å². The van der Waals surface area contributed by atoms with E-state index in [-0.39, 0.29) is 5.84 Å². The zero-order chi connectivity index (χ0) is 11.8. The molecule has 1 aliphatic rings. The van der Waals surface area contributed by atoms with E-state index in [1.165, 1.54) is 0 Å². The minimum absolute atomic E-state index is 0.245. The lowest BCUT2D eigenvalue weighted by Crippen LogP contribution is -2.36. The zero-order valence-electron chi connectivity index (χ0n) is 10.1. The smallest absolute Gasteiger partial charge is 0.0918 e. The third kappa shape index (κ3) is 5.44. The molecule has 1 rings (SSSR count). The Morgan fingerprint density at radius 2 is 2.38 bits per heavy atom. The second kappa shape index (κ2) is 7.60. The van der Waals surface area contributed by atoms with Crippen molar-refractivity contribution < 1.29 is 9.47 Å². The molecular weight excluding hydrogens is 206 g/mol. The summed E-state index contributed by atoms with van der Waals surface area (Å²) in [6.45, 7) is 4.22. The van der Waals surface area contributed by atoms with E-state index < -0.39 is 0 Å². The molecule has 1 aliphatic heterocycles. The van der Waals surface area contributed by atoms with Crippen molar-refractivity contribution in [1.29, 1.82) is 5.41 Å². The molecule has 5 nitrogen and oxygen atoms in total. The van der Waals surface area contributed by atoms with Crippen LogP contribution in [-0.2, 0) is 9.47 Å². The van der Waals surface area contributed by atoms with Gasteiger partial charge in [-0.3, -0.25) is 10.3 Å². The summed E-state index contributed by atoms with van der Waals surface area (Å²) < 4.78 is 10.7. The summed E-state index contributed by atoms with van der Waals surface area (Å²) in [6, 6.07) is 0. The molecule has 0 aromatic heterocycles. The number of methoxy groups -OCH3 is 1. The van der Waals surface area contributed by atoms with Crippen LogP contribution in [0.25, 0.3) is 0 Å². The van der Waals surface area contributed by atoms with E-state index in [1.807, 2.05) is 0 Å². The quantitative estimate of drug-likeness (QED) is 0.468. The van der Waals surface area contributed by atoms with Crippen molar-refractivity contribution in [3.05, 3.63) is 0 Å². The molecule has 1 atom stereocenters. The van der Waals surface area contributed by atoms with Crippen LogP contribution < -0.4 is 5.73 Å². The number of rotatable bonds is 8. The van der Waals surface area contributed by atoms with Crippen molar-refractivity contribution >= 4 is 5.84 Å². The molecule has 0 radical (unpaired) electrons. The monoisotopic (exact) mass is 229 g/mol. The first kappa shape index (κ1) is 13.4. The standard InChI is InChI=1S/C11H23N3O2/c1-15-8-6-14(5-4-11(12)13)9-10-3-2-7-16-10/h10H,2-9H2,1H3,(H3,12,13). The number of hydrogen-bond acceptors (Lipinski definition) is 4. The first-order valence-corrected chi connectivity index (χ1v) is 5.88. The van der Waals surface area contributed by atoms with Crippen molar-refractivity contribution in [3.8, 4) is 0 Å². The maximum atomic E-state index is 7.24. The summed E-state index contributed by atoms with van der Waals surface area (Å²) in [4.78, 5) is 2.26. The number of ether oxygens (including phenoxy) is 2. The van der Waals surface area contributed by atoms with E-state index in [1.54, 1.807) is 7.11 Å². The molecule has 16 heavy (non-hydrogen) atoms. The second-order valence-corrected chi connectivity index (χ2v) is 4.20. The maximum absolute atomic E-state index is 7.24. The molecule has 0 amide bonds. The van der Waals surface area contributed by atoms with Crippen LogP contribution in [0.3, 0.4) is 0 Å². The van der Waals surface area contributed by atoms with Crippen LogP contribution in [0.1, 0.15) is 19.3 Å². The van der Waals surface area contributed by atoms with Crippen LogP contribution in [0.15, 0.2) is 0 Å². The van der Waals surface area contributed by atoms with Crippen LogP contribution in [0, 0.1) is 5.41 Å². The Morgan fingerprint density at radius 1 is 1.56 bits per heavy atom. The van der Waals surface area contributed by atoms with Gasteiger partial charge in [0.25, 0.3) is 0 Å². The fraction of sp³-hybridized carbons (Fsp3) is 0.909. The number of nitrogens with one attached hydrogen (secondary N) is 1. The van der Waals surface area contributed by atoms with Gasteiger partial charge >= 0.3 is 0 Å². The summed E-state index contributed by atoms with van der Waals surface area (Å²) in [5.74, 6) is 0.245. The van der Waals surface area contributed by atoms with Gasteiger partial charge < -0.3 is 15.2 Å². The first-order chi connectivity index (χ1) is 7.72. The summed E-state index contributed by atoms with van der Waals surface area (Å²) in [5, 5.41) is 7.24. The average Bonchev–Trinajstić information content (AvgIpc) is 2.74. The maximum Gasteiger partial charge on any atom is 0.0918 e. The normalized spacial score (nSPS) is 20.5. The number of amidine groups is 1. The Bertz CT molecular complexity index is 205. The molecule has 94 valence electrons. The molecule has 0 spiro atoms. The predicted molar refractivity (Wildman–Crippen MR) is 63.8 cm³/mol. The van der Waals surface area contributed by atoms with Crippen molar-refractivity contribution in [1.82, 2.24) is 4.90 Å². The van der Waals surface area contributed by atoms with Gasteiger partial charge in [0.15, 0.2) is 0 Å². The molecule has 0 aliphatic carbocycles. The second-order valence-electron chi connectivity index (χ2n) is 4.20. The zero-order valence-corrected chi connectivity index (χ0v) is 10.1. The van der Waals surface area contributed by atoms with Crippen molar-refractivity contribution in [3.63, 3.8) is 0 Å². The van der Waals surface area contributed by atoms with E-state index in [0.29, 0.717) is 19.1 Å². The molecule has 1 saturated heterocycles. The van der Waals surface area contributed by atoms with Gasteiger partial charge in [0.05, 0.1) is 18.5 Å². The van der Waals surface area contributed by atoms with E-state index in [0.717, 1.165) is 39.1 Å². The largest absolute Gasteiger partial charge is 0.388 e. The van der Waals surface area contributed by atoms with E-state index in [4.69, 9.17) is 20.6 Å². The summed E-state index contributed by atoms with van der Waals surface area (Å²) in [7, 11) is 1.70. The van der Waals surface area contributed by atoms with Crippen LogP contribution in [0.2, 0.25) is 0 Å². The fourth-order valence-corrected chi connectivity index (χ4v) is 1.87. The highest BCUT2D eigenvalue weighted by atomic mass is 16.5. The van der Waals surface area contributed by atoms with Gasteiger partial charge in [-0.25, -0.2) is 0 Å². The van der Waals surface area contributed by atoms with E-state index in [9.17, 15) is 0 Å². The lowest BCUT2D eigenvalue weighted by atomic mass is 10.2. The van der Waals surface area contributed by atoms with E-state index >= 15 is 0 Å². The van der Waals surface area contributed by atoms with Gasteiger partial charge in [0.2, 0.25) is 0 Å². The first-order valence-electron chi connectivity index (χ1n) is 5.88. The molecule has 1 heterocycles. The van der Waals surface area contributed by atoms with Crippen LogP contribution >= 0.6 is 0 Å². The highest BCUT2D eigenvalue weighted by molar-refractivity contribution is 5.76. The molecule has 3 N–H and O–H groups in total. The van der Waals surface area contributed by atoms with Gasteiger partial charge in [-0.1, -0.05) is 0 Å². The Labute approximate surface area is 97.4 Å². The minimum atomic E-state index is 0.245. The van der Waals surface area contributed by atoms with Crippen molar-refractivity contribution in [2.45, 2.75) is 25.4 Å². The number of nitrogens with zero attached hydrogens (tertiary/aromatic N) is 1. The van der Waals surface area contributed by atoms with Crippen molar-refractivity contribution in [2.24, 2.45) is 5.73 Å². The van der Waals surface area contributed by atoms with Gasteiger partial charge in [-0.15, -0.1) is 0 Å². The molecule has 0 aromatic rings. The van der Waals surface area contributed by atoms with Gasteiger partial charge in [-0.05, 0) is 12.8 Å². The van der Waals surface area contributed by atoms with Crippen molar-refractivity contribution in [2.75, 3.05) is 40.0 Å². The average molecular weight is 229 g/mol. The minimum Gasteiger partial charge on any atom is -0.388 e. The lowest BCUT2D eigenvalue weighted by molar-refractivity contribution is 0.0627. The number of hydrogen-bond donors (Lipinski definition) is 2. The summed E-state index contributed by atoms with van der Waals surface area (Å²) in [6.07, 6.45) is 3.28. The highest BCUT2D eigenvalue weighted by Gasteiger charge is 2.18. The van der Waals surface area contributed by atoms with Crippen LogP contribution in [0.5, 0.6) is 0 Å². The SMILES string of the molecule is COCCN(CCC(=N)N)CC1CCCO1. The van der Waals surface area contributed by atoms with Gasteiger partial charge in [0, 0.05) is 39.8 Å².